The van der Waals surface area contributed by atoms with Gasteiger partial charge >= 0.3 is 0 Å². The monoisotopic (exact) mass is 441 g/mol. The minimum absolute atomic E-state index is 0.0422. The number of methoxy groups -OCH3 is 2. The average Bonchev–Trinajstić information content (AvgIpc) is 3.44. The summed E-state index contributed by atoms with van der Waals surface area (Å²) in [5.41, 5.74) is 2.68. The number of ether oxygens (including phenoxy) is 2. The molecule has 0 saturated carbocycles. The van der Waals surface area contributed by atoms with E-state index >= 15 is 0 Å². The van der Waals surface area contributed by atoms with Gasteiger partial charge in [0.2, 0.25) is 0 Å². The van der Waals surface area contributed by atoms with Crippen LogP contribution in [0, 0.1) is 0 Å². The Hall–Kier alpha value is -3.33. The van der Waals surface area contributed by atoms with Crippen molar-refractivity contribution in [3.8, 4) is 11.5 Å². The van der Waals surface area contributed by atoms with Gasteiger partial charge in [-0.2, -0.15) is 5.10 Å². The molecule has 0 radical (unpaired) electrons. The molecule has 1 N–H and O–H groups in total. The van der Waals surface area contributed by atoms with Crippen molar-refractivity contribution < 1.29 is 22.7 Å². The lowest BCUT2D eigenvalue weighted by Gasteiger charge is -2.15. The van der Waals surface area contributed by atoms with Gasteiger partial charge in [-0.05, 0) is 54.7 Å². The van der Waals surface area contributed by atoms with Gasteiger partial charge in [0.25, 0.3) is 15.9 Å². The Balaban J connectivity index is 1.62. The number of nitrogens with one attached hydrogen (secondary N) is 1. The highest BCUT2D eigenvalue weighted by atomic mass is 32.2. The van der Waals surface area contributed by atoms with E-state index in [9.17, 15) is 13.2 Å². The van der Waals surface area contributed by atoms with Crippen molar-refractivity contribution in [1.82, 2.24) is 14.5 Å². The zero-order valence-electron chi connectivity index (χ0n) is 17.3. The Morgan fingerprint density at radius 3 is 2.65 bits per heavy atom. The first kappa shape index (κ1) is 20.9. The fourth-order valence-corrected chi connectivity index (χ4v) is 5.32. The van der Waals surface area contributed by atoms with E-state index in [2.05, 4.69) is 9.82 Å². The molecule has 1 aliphatic rings. The molecule has 0 unspecified atom stereocenters. The van der Waals surface area contributed by atoms with Crippen LogP contribution in [0.25, 0.3) is 0 Å². The largest absolute Gasteiger partial charge is 0.496 e. The van der Waals surface area contributed by atoms with Crippen molar-refractivity contribution in [2.45, 2.75) is 30.7 Å². The van der Waals surface area contributed by atoms with E-state index in [0.717, 1.165) is 24.0 Å². The van der Waals surface area contributed by atoms with E-state index in [1.54, 1.807) is 29.1 Å². The molecule has 0 atom stereocenters. The van der Waals surface area contributed by atoms with Gasteiger partial charge in [0.05, 0.1) is 20.8 Å². The summed E-state index contributed by atoms with van der Waals surface area (Å²) in [5.74, 6) is -0.0339. The van der Waals surface area contributed by atoms with Crippen molar-refractivity contribution in [2.75, 3.05) is 14.2 Å². The third-order valence-electron chi connectivity index (χ3n) is 5.35. The molecule has 0 aliphatic heterocycles. The summed E-state index contributed by atoms with van der Waals surface area (Å²) in [6, 6.07) is 10.1. The summed E-state index contributed by atoms with van der Waals surface area (Å²) in [4.78, 5) is 12.9. The number of hydrogen-bond donors (Lipinski definition) is 1. The number of aromatic nitrogens is 2. The summed E-state index contributed by atoms with van der Waals surface area (Å²) >= 11 is 0. The maximum absolute atomic E-state index is 13.1. The molecule has 3 aromatic rings. The average molecular weight is 442 g/mol. The van der Waals surface area contributed by atoms with Crippen LogP contribution in [0.3, 0.4) is 0 Å². The summed E-state index contributed by atoms with van der Waals surface area (Å²) in [6.45, 7) is 0.462. The van der Waals surface area contributed by atoms with E-state index in [1.807, 2.05) is 18.3 Å². The van der Waals surface area contributed by atoms with Gasteiger partial charge < -0.3 is 9.47 Å². The van der Waals surface area contributed by atoms with Crippen LogP contribution in [0.2, 0.25) is 0 Å². The van der Waals surface area contributed by atoms with Crippen molar-refractivity contribution in [3.05, 3.63) is 71.0 Å². The second-order valence-electron chi connectivity index (χ2n) is 7.25. The SMILES string of the molecule is COc1cc(C(=O)NS(=O)(=O)c2c(OC)ccc3c2CCC3)ccc1Cn1cccn1. The second kappa shape index (κ2) is 8.43. The molecule has 4 rings (SSSR count). The van der Waals surface area contributed by atoms with Gasteiger partial charge in [-0.25, -0.2) is 13.1 Å². The van der Waals surface area contributed by atoms with Gasteiger partial charge in [-0.1, -0.05) is 12.1 Å². The topological polar surface area (TPSA) is 99.5 Å². The Bertz CT molecular complexity index is 1220. The van der Waals surface area contributed by atoms with Crippen molar-refractivity contribution >= 4 is 15.9 Å². The minimum Gasteiger partial charge on any atom is -0.496 e. The molecular formula is C22H23N3O5S. The highest BCUT2D eigenvalue weighted by Crippen LogP contribution is 2.35. The molecule has 0 fully saturated rings. The van der Waals surface area contributed by atoms with Crippen molar-refractivity contribution in [2.24, 2.45) is 0 Å². The fourth-order valence-electron chi connectivity index (χ4n) is 3.88. The van der Waals surface area contributed by atoms with Gasteiger partial charge in [-0.3, -0.25) is 9.48 Å². The van der Waals surface area contributed by atoms with Gasteiger partial charge in [0.1, 0.15) is 16.4 Å². The molecular weight excluding hydrogens is 418 g/mol. The lowest BCUT2D eigenvalue weighted by molar-refractivity contribution is 0.0981. The molecule has 1 aliphatic carbocycles. The summed E-state index contributed by atoms with van der Waals surface area (Å²) in [7, 11) is -1.21. The third-order valence-corrected chi connectivity index (χ3v) is 6.79. The van der Waals surface area contributed by atoms with Gasteiger partial charge in [-0.15, -0.1) is 0 Å². The van der Waals surface area contributed by atoms with E-state index in [-0.39, 0.29) is 16.2 Å². The van der Waals surface area contributed by atoms with Crippen LogP contribution < -0.4 is 14.2 Å². The Morgan fingerprint density at radius 1 is 1.13 bits per heavy atom. The lowest BCUT2D eigenvalue weighted by atomic mass is 10.1. The number of carbonyl (C=O) groups is 1. The van der Waals surface area contributed by atoms with Crippen LogP contribution in [-0.4, -0.2) is 38.3 Å². The predicted octanol–water partition coefficient (Wildman–Crippen LogP) is 2.56. The van der Waals surface area contributed by atoms with Crippen LogP contribution in [-0.2, 0) is 29.4 Å². The molecule has 0 bridgehead atoms. The van der Waals surface area contributed by atoms with E-state index < -0.39 is 15.9 Å². The Kier molecular flexibility index (Phi) is 5.69. The lowest BCUT2D eigenvalue weighted by Crippen LogP contribution is -2.31. The first-order valence-corrected chi connectivity index (χ1v) is 11.3. The van der Waals surface area contributed by atoms with Crippen LogP contribution >= 0.6 is 0 Å². The zero-order valence-corrected chi connectivity index (χ0v) is 18.1. The smallest absolute Gasteiger partial charge is 0.268 e. The molecule has 0 saturated heterocycles. The van der Waals surface area contributed by atoms with Crippen LogP contribution in [0.15, 0.2) is 53.7 Å². The maximum Gasteiger partial charge on any atom is 0.268 e. The van der Waals surface area contributed by atoms with Crippen molar-refractivity contribution in [1.29, 1.82) is 0 Å². The molecule has 9 heteroatoms. The number of amides is 1. The van der Waals surface area contributed by atoms with Gasteiger partial charge in [0.15, 0.2) is 0 Å². The van der Waals surface area contributed by atoms with Gasteiger partial charge in [0, 0.05) is 23.5 Å². The Labute approximate surface area is 180 Å². The zero-order chi connectivity index (χ0) is 22.0. The standard InChI is InChI=1S/C22H23N3O5S/c1-29-19-10-9-15-5-3-6-18(15)21(19)31(27,28)24-22(26)16-7-8-17(20(13-16)30-2)14-25-12-4-11-23-25/h4,7-13H,3,5-6,14H2,1-2H3,(H,24,26). The van der Waals surface area contributed by atoms with E-state index in [1.165, 1.54) is 20.3 Å². The molecule has 8 nitrogen and oxygen atoms in total. The maximum atomic E-state index is 13.1. The summed E-state index contributed by atoms with van der Waals surface area (Å²) in [5, 5.41) is 4.16. The number of benzene rings is 2. The second-order valence-corrected chi connectivity index (χ2v) is 8.87. The van der Waals surface area contributed by atoms with Crippen LogP contribution in [0.5, 0.6) is 11.5 Å². The normalized spacial score (nSPS) is 13.0. The predicted molar refractivity (Wildman–Crippen MR) is 114 cm³/mol. The Morgan fingerprint density at radius 2 is 1.94 bits per heavy atom. The number of aryl methyl sites for hydroxylation is 1. The van der Waals surface area contributed by atoms with Crippen LogP contribution in [0.1, 0.15) is 33.5 Å². The molecule has 31 heavy (non-hydrogen) atoms. The summed E-state index contributed by atoms with van der Waals surface area (Å²) < 4.78 is 40.9. The van der Waals surface area contributed by atoms with E-state index in [4.69, 9.17) is 9.47 Å². The first-order chi connectivity index (χ1) is 14.9. The number of nitrogens with zero attached hydrogens (tertiary/aromatic N) is 2. The third kappa shape index (κ3) is 4.13. The first-order valence-electron chi connectivity index (χ1n) is 9.83. The number of rotatable bonds is 7. The molecule has 1 aromatic heterocycles. The number of hydrogen-bond acceptors (Lipinski definition) is 6. The van der Waals surface area contributed by atoms with Crippen LogP contribution in [0.4, 0.5) is 0 Å². The number of fused-ring (bicyclic) bond motifs is 1. The molecule has 1 amide bonds. The molecule has 162 valence electrons. The van der Waals surface area contributed by atoms with E-state index in [0.29, 0.717) is 24.3 Å². The number of sulfonamides is 1. The molecule has 2 aromatic carbocycles. The number of carbonyl (C=O) groups excluding carboxylic acids is 1. The summed E-state index contributed by atoms with van der Waals surface area (Å²) in [6.07, 6.45) is 5.80. The quantitative estimate of drug-likeness (QED) is 0.605. The highest BCUT2D eigenvalue weighted by molar-refractivity contribution is 7.90. The highest BCUT2D eigenvalue weighted by Gasteiger charge is 2.30. The molecule has 1 heterocycles. The molecule has 0 spiro atoms. The fraction of sp³-hybridized carbons (Fsp3) is 0.273. The minimum atomic E-state index is -4.13. The van der Waals surface area contributed by atoms with Crippen molar-refractivity contribution in [3.63, 3.8) is 0 Å².